The van der Waals surface area contributed by atoms with E-state index in [0.29, 0.717) is 12.6 Å². The highest BCUT2D eigenvalue weighted by molar-refractivity contribution is 5.82. The highest BCUT2D eigenvalue weighted by atomic mass is 16.5. The van der Waals surface area contributed by atoms with E-state index in [4.69, 9.17) is 10.5 Å². The van der Waals surface area contributed by atoms with Crippen LogP contribution in [0.15, 0.2) is 0 Å². The molecule has 3 N–H and O–H groups in total. The highest BCUT2D eigenvalue weighted by Gasteiger charge is 2.31. The minimum atomic E-state index is -0.0528. The Balaban J connectivity index is 1.90. The molecule has 92 valence electrons. The SMILES string of the molecule is NCCC1C(=O)NCCN1CC1CCCO1. The summed E-state index contributed by atoms with van der Waals surface area (Å²) in [7, 11) is 0. The number of amides is 1. The third-order valence-corrected chi connectivity index (χ3v) is 3.34. The molecule has 2 rings (SSSR count). The van der Waals surface area contributed by atoms with Gasteiger partial charge < -0.3 is 15.8 Å². The molecule has 2 aliphatic rings. The van der Waals surface area contributed by atoms with Crippen molar-refractivity contribution in [3.63, 3.8) is 0 Å². The molecule has 1 amide bonds. The molecular formula is C11H21N3O2. The number of carbonyl (C=O) groups excluding carboxylic acids is 1. The normalized spacial score (nSPS) is 31.7. The lowest BCUT2D eigenvalue weighted by atomic mass is 10.1. The van der Waals surface area contributed by atoms with Crippen LogP contribution in [0.5, 0.6) is 0 Å². The van der Waals surface area contributed by atoms with Gasteiger partial charge in [-0.25, -0.2) is 0 Å². The molecule has 16 heavy (non-hydrogen) atoms. The van der Waals surface area contributed by atoms with Gasteiger partial charge in [0.05, 0.1) is 12.1 Å². The summed E-state index contributed by atoms with van der Waals surface area (Å²) in [5.41, 5.74) is 5.55. The van der Waals surface area contributed by atoms with Crippen LogP contribution in [0.1, 0.15) is 19.3 Å². The monoisotopic (exact) mass is 227 g/mol. The van der Waals surface area contributed by atoms with Crippen molar-refractivity contribution in [1.29, 1.82) is 0 Å². The summed E-state index contributed by atoms with van der Waals surface area (Å²) in [4.78, 5) is 13.9. The van der Waals surface area contributed by atoms with Gasteiger partial charge in [-0.3, -0.25) is 9.69 Å². The fourth-order valence-corrected chi connectivity index (χ4v) is 2.50. The number of nitrogens with zero attached hydrogens (tertiary/aromatic N) is 1. The van der Waals surface area contributed by atoms with Crippen LogP contribution < -0.4 is 11.1 Å². The second-order valence-corrected chi connectivity index (χ2v) is 4.51. The summed E-state index contributed by atoms with van der Waals surface area (Å²) >= 11 is 0. The number of carbonyl (C=O) groups is 1. The van der Waals surface area contributed by atoms with Crippen molar-refractivity contribution in [2.24, 2.45) is 5.73 Å². The Labute approximate surface area is 96.3 Å². The zero-order valence-electron chi connectivity index (χ0n) is 9.65. The first kappa shape index (κ1) is 11.8. The number of hydrogen-bond donors (Lipinski definition) is 2. The van der Waals surface area contributed by atoms with Crippen LogP contribution in [0.25, 0.3) is 0 Å². The molecule has 0 bridgehead atoms. The van der Waals surface area contributed by atoms with Gasteiger partial charge in [0.1, 0.15) is 0 Å². The van der Waals surface area contributed by atoms with Gasteiger partial charge >= 0.3 is 0 Å². The fourth-order valence-electron chi connectivity index (χ4n) is 2.50. The van der Waals surface area contributed by atoms with Crippen LogP contribution in [0, 0.1) is 0 Å². The summed E-state index contributed by atoms with van der Waals surface area (Å²) in [6.07, 6.45) is 3.31. The molecule has 0 aromatic rings. The molecule has 5 heteroatoms. The molecule has 2 saturated heterocycles. The van der Waals surface area contributed by atoms with E-state index in [1.165, 1.54) is 0 Å². The van der Waals surface area contributed by atoms with E-state index in [0.717, 1.165) is 45.5 Å². The van der Waals surface area contributed by atoms with Crippen molar-refractivity contribution in [1.82, 2.24) is 10.2 Å². The Bertz CT molecular complexity index is 241. The molecule has 0 aliphatic carbocycles. The number of nitrogens with two attached hydrogens (primary N) is 1. The summed E-state index contributed by atoms with van der Waals surface area (Å²) in [6, 6.07) is -0.0528. The number of ether oxygens (including phenoxy) is 1. The molecule has 2 heterocycles. The third kappa shape index (κ3) is 2.72. The molecular weight excluding hydrogens is 206 g/mol. The van der Waals surface area contributed by atoms with Gasteiger partial charge in [-0.1, -0.05) is 0 Å². The Morgan fingerprint density at radius 1 is 1.56 bits per heavy atom. The average Bonchev–Trinajstić information content (AvgIpc) is 2.76. The van der Waals surface area contributed by atoms with Gasteiger partial charge in [0.2, 0.25) is 5.91 Å². The van der Waals surface area contributed by atoms with Crippen molar-refractivity contribution in [2.75, 3.05) is 32.8 Å². The third-order valence-electron chi connectivity index (χ3n) is 3.34. The van der Waals surface area contributed by atoms with Crippen LogP contribution in [-0.2, 0) is 9.53 Å². The van der Waals surface area contributed by atoms with E-state index in [-0.39, 0.29) is 11.9 Å². The second-order valence-electron chi connectivity index (χ2n) is 4.51. The first-order valence-corrected chi connectivity index (χ1v) is 6.14. The van der Waals surface area contributed by atoms with Crippen molar-refractivity contribution >= 4 is 5.91 Å². The predicted molar refractivity (Wildman–Crippen MR) is 61.0 cm³/mol. The molecule has 0 radical (unpaired) electrons. The summed E-state index contributed by atoms with van der Waals surface area (Å²) in [5.74, 6) is 0.120. The van der Waals surface area contributed by atoms with E-state index >= 15 is 0 Å². The van der Waals surface area contributed by atoms with Gasteiger partial charge in [0.25, 0.3) is 0 Å². The summed E-state index contributed by atoms with van der Waals surface area (Å²) < 4.78 is 5.61. The lowest BCUT2D eigenvalue weighted by molar-refractivity contribution is -0.130. The maximum atomic E-state index is 11.7. The van der Waals surface area contributed by atoms with E-state index in [1.807, 2.05) is 0 Å². The second kappa shape index (κ2) is 5.61. The molecule has 2 aliphatic heterocycles. The van der Waals surface area contributed by atoms with Crippen molar-refractivity contribution in [2.45, 2.75) is 31.4 Å². The molecule has 0 aromatic heterocycles. The molecule has 0 aromatic carbocycles. The largest absolute Gasteiger partial charge is 0.377 e. The van der Waals surface area contributed by atoms with Gasteiger partial charge in [-0.15, -0.1) is 0 Å². The number of nitrogens with one attached hydrogen (secondary N) is 1. The Kier molecular flexibility index (Phi) is 4.15. The van der Waals surface area contributed by atoms with E-state index in [9.17, 15) is 4.79 Å². The Morgan fingerprint density at radius 3 is 3.12 bits per heavy atom. The maximum Gasteiger partial charge on any atom is 0.237 e. The van der Waals surface area contributed by atoms with Crippen LogP contribution in [0.4, 0.5) is 0 Å². The van der Waals surface area contributed by atoms with E-state index in [2.05, 4.69) is 10.2 Å². The molecule has 2 unspecified atom stereocenters. The van der Waals surface area contributed by atoms with Crippen LogP contribution in [0.3, 0.4) is 0 Å². The molecule has 0 saturated carbocycles. The molecule has 2 atom stereocenters. The summed E-state index contributed by atoms with van der Waals surface area (Å²) in [6.45, 7) is 3.95. The number of rotatable bonds is 4. The topological polar surface area (TPSA) is 67.6 Å². The predicted octanol–water partition coefficient (Wildman–Crippen LogP) is -0.685. The van der Waals surface area contributed by atoms with Crippen molar-refractivity contribution in [3.8, 4) is 0 Å². The maximum absolute atomic E-state index is 11.7. The van der Waals surface area contributed by atoms with Crippen molar-refractivity contribution < 1.29 is 9.53 Å². The number of piperazine rings is 1. The Hall–Kier alpha value is -0.650. The van der Waals surface area contributed by atoms with Gasteiger partial charge in [-0.2, -0.15) is 0 Å². The van der Waals surface area contributed by atoms with Gasteiger partial charge in [0.15, 0.2) is 0 Å². The van der Waals surface area contributed by atoms with Crippen LogP contribution >= 0.6 is 0 Å². The first-order chi connectivity index (χ1) is 7.81. The van der Waals surface area contributed by atoms with E-state index < -0.39 is 0 Å². The van der Waals surface area contributed by atoms with Crippen LogP contribution in [0.2, 0.25) is 0 Å². The lowest BCUT2D eigenvalue weighted by Gasteiger charge is -2.36. The van der Waals surface area contributed by atoms with E-state index in [1.54, 1.807) is 0 Å². The standard InChI is InChI=1S/C11H21N3O2/c12-4-3-10-11(15)13-5-6-14(10)8-9-2-1-7-16-9/h9-10H,1-8,12H2,(H,13,15). The lowest BCUT2D eigenvalue weighted by Crippen LogP contribution is -2.57. The van der Waals surface area contributed by atoms with Crippen LogP contribution in [-0.4, -0.2) is 55.7 Å². The van der Waals surface area contributed by atoms with Gasteiger partial charge in [-0.05, 0) is 25.8 Å². The zero-order valence-corrected chi connectivity index (χ0v) is 9.65. The smallest absolute Gasteiger partial charge is 0.237 e. The quantitative estimate of drug-likeness (QED) is 0.667. The average molecular weight is 227 g/mol. The minimum Gasteiger partial charge on any atom is -0.377 e. The molecule has 2 fully saturated rings. The Morgan fingerprint density at radius 2 is 2.44 bits per heavy atom. The summed E-state index contributed by atoms with van der Waals surface area (Å²) in [5, 5.41) is 2.89. The van der Waals surface area contributed by atoms with Crippen molar-refractivity contribution in [3.05, 3.63) is 0 Å². The fraction of sp³-hybridized carbons (Fsp3) is 0.909. The highest BCUT2D eigenvalue weighted by Crippen LogP contribution is 2.16. The molecule has 5 nitrogen and oxygen atoms in total. The minimum absolute atomic E-state index is 0.0528. The zero-order chi connectivity index (χ0) is 11.4. The molecule has 0 spiro atoms. The first-order valence-electron chi connectivity index (χ1n) is 6.14. The van der Waals surface area contributed by atoms with Gasteiger partial charge in [0, 0.05) is 26.2 Å². The number of hydrogen-bond acceptors (Lipinski definition) is 4.